The number of rotatable bonds is 6. The van der Waals surface area contributed by atoms with Crippen molar-refractivity contribution in [1.29, 1.82) is 0 Å². The highest BCUT2D eigenvalue weighted by molar-refractivity contribution is 9.09. The summed E-state index contributed by atoms with van der Waals surface area (Å²) in [7, 11) is 0. The van der Waals surface area contributed by atoms with Crippen LogP contribution in [0.25, 0.3) is 0 Å². The maximum absolute atomic E-state index is 11.7. The van der Waals surface area contributed by atoms with E-state index in [0.717, 1.165) is 20.8 Å². The first-order valence-corrected chi connectivity index (χ1v) is 10.0. The molecule has 0 saturated carbocycles. The van der Waals surface area contributed by atoms with Gasteiger partial charge in [0.15, 0.2) is 23.3 Å². The summed E-state index contributed by atoms with van der Waals surface area (Å²) < 4.78 is 28.7. The molecule has 0 aromatic carbocycles. The Morgan fingerprint density at radius 3 is 1.83 bits per heavy atom. The van der Waals surface area contributed by atoms with E-state index in [1.165, 1.54) is 0 Å². The molecule has 0 amide bonds. The van der Waals surface area contributed by atoms with Crippen molar-refractivity contribution >= 4 is 74.8 Å². The zero-order chi connectivity index (χ0) is 22.4. The van der Waals surface area contributed by atoms with Gasteiger partial charge in [-0.25, -0.2) is 4.79 Å². The Hall–Kier alpha value is -1.01. The van der Waals surface area contributed by atoms with Gasteiger partial charge in [-0.1, -0.05) is 50.7 Å². The third-order valence-corrected chi connectivity index (χ3v) is 4.27. The van der Waals surface area contributed by atoms with Gasteiger partial charge in [0, 0.05) is 20.8 Å². The van der Waals surface area contributed by atoms with Crippen molar-refractivity contribution in [3.63, 3.8) is 0 Å². The highest BCUT2D eigenvalue weighted by Crippen LogP contribution is 2.32. The molecular formula is C15H18BrCl3O10. The van der Waals surface area contributed by atoms with E-state index in [0.29, 0.717) is 0 Å². The van der Waals surface area contributed by atoms with E-state index < -0.39 is 70.5 Å². The van der Waals surface area contributed by atoms with Gasteiger partial charge < -0.3 is 28.4 Å². The molecule has 0 radical (unpaired) electrons. The SMILES string of the molecule is CC(=O)O[C@@H]1[C@H](OC(C)=O)[C@@H](Br)O[C@H](COC(=O)OCC(Cl)(Cl)Cl)[C@H]1OC(C)=O. The van der Waals surface area contributed by atoms with Gasteiger partial charge in [0.1, 0.15) is 19.3 Å². The zero-order valence-corrected chi connectivity index (χ0v) is 19.2. The Morgan fingerprint density at radius 2 is 1.34 bits per heavy atom. The topological polar surface area (TPSA) is 124 Å². The van der Waals surface area contributed by atoms with Crippen LogP contribution in [0.4, 0.5) is 4.79 Å². The van der Waals surface area contributed by atoms with Crippen molar-refractivity contribution in [2.75, 3.05) is 13.2 Å². The monoisotopic (exact) mass is 542 g/mol. The molecule has 1 fully saturated rings. The molecule has 0 spiro atoms. The van der Waals surface area contributed by atoms with E-state index in [-0.39, 0.29) is 0 Å². The number of esters is 3. The third-order valence-electron chi connectivity index (χ3n) is 3.20. The van der Waals surface area contributed by atoms with Crippen molar-refractivity contribution in [3.8, 4) is 0 Å². The molecule has 1 aliphatic rings. The Kier molecular flexibility index (Phi) is 10.2. The summed E-state index contributed by atoms with van der Waals surface area (Å²) in [6, 6.07) is 0. The number of hydrogen-bond acceptors (Lipinski definition) is 10. The number of ether oxygens (including phenoxy) is 6. The van der Waals surface area contributed by atoms with Gasteiger partial charge in [-0.05, 0) is 0 Å². The minimum Gasteiger partial charge on any atom is -0.455 e. The standard InChI is InChI=1S/C15H18BrCl3O10/c1-6(20)26-10-9(4-24-14(23)25-5-15(17,18)19)29-13(16)12(28-8(3)22)11(10)27-7(2)21/h9-13H,4-5H2,1-3H3/t9-,10-,11+,12+,13+/m1/s1. The molecular weight excluding hydrogens is 526 g/mol. The van der Waals surface area contributed by atoms with E-state index in [1.807, 2.05) is 0 Å². The van der Waals surface area contributed by atoms with Gasteiger partial charge in [0.05, 0.1) is 0 Å². The Balaban J connectivity index is 2.96. The number of alkyl halides is 4. The fourth-order valence-electron chi connectivity index (χ4n) is 2.31. The average molecular weight is 545 g/mol. The molecule has 1 heterocycles. The molecule has 29 heavy (non-hydrogen) atoms. The summed E-state index contributed by atoms with van der Waals surface area (Å²) in [5.74, 6) is -2.16. The van der Waals surface area contributed by atoms with Crippen molar-refractivity contribution < 1.29 is 47.6 Å². The lowest BCUT2D eigenvalue weighted by atomic mass is 9.99. The molecule has 10 nitrogen and oxygen atoms in total. The molecule has 0 unspecified atom stereocenters. The molecule has 0 aromatic heterocycles. The zero-order valence-electron chi connectivity index (χ0n) is 15.4. The minimum atomic E-state index is -1.83. The van der Waals surface area contributed by atoms with Gasteiger partial charge in [-0.3, -0.25) is 14.4 Å². The predicted octanol–water partition coefficient (Wildman–Crippen LogP) is 2.42. The van der Waals surface area contributed by atoms with E-state index in [1.54, 1.807) is 0 Å². The van der Waals surface area contributed by atoms with Gasteiger partial charge in [-0.2, -0.15) is 0 Å². The van der Waals surface area contributed by atoms with Gasteiger partial charge >= 0.3 is 24.1 Å². The van der Waals surface area contributed by atoms with Crippen LogP contribution in [0.3, 0.4) is 0 Å². The van der Waals surface area contributed by atoms with Crippen LogP contribution in [0.15, 0.2) is 0 Å². The average Bonchev–Trinajstić information content (AvgIpc) is 2.55. The maximum atomic E-state index is 11.7. The molecule has 14 heteroatoms. The second kappa shape index (κ2) is 11.4. The Bertz CT molecular complexity index is 626. The Labute approximate surface area is 189 Å². The van der Waals surface area contributed by atoms with E-state index >= 15 is 0 Å². The molecule has 0 bridgehead atoms. The first-order valence-electron chi connectivity index (χ1n) is 7.97. The smallest absolute Gasteiger partial charge is 0.455 e. The number of carbonyl (C=O) groups is 4. The van der Waals surface area contributed by atoms with E-state index in [9.17, 15) is 19.2 Å². The summed E-state index contributed by atoms with van der Waals surface area (Å²) in [4.78, 5) is 46.1. The highest BCUT2D eigenvalue weighted by Gasteiger charge is 2.51. The van der Waals surface area contributed by atoms with Crippen LogP contribution in [0.1, 0.15) is 20.8 Å². The molecule has 1 saturated heterocycles. The molecule has 0 N–H and O–H groups in total. The minimum absolute atomic E-state index is 0.483. The normalized spacial score (nSPS) is 26.8. The fourth-order valence-corrected chi connectivity index (χ4v) is 3.16. The summed E-state index contributed by atoms with van der Waals surface area (Å²) in [6.07, 6.45) is -5.95. The molecule has 0 aromatic rings. The van der Waals surface area contributed by atoms with Crippen LogP contribution in [0, 0.1) is 0 Å². The largest absolute Gasteiger partial charge is 0.508 e. The molecule has 1 rings (SSSR count). The number of hydrogen-bond donors (Lipinski definition) is 0. The van der Waals surface area contributed by atoms with E-state index in [2.05, 4.69) is 20.7 Å². The van der Waals surface area contributed by atoms with Crippen molar-refractivity contribution in [1.82, 2.24) is 0 Å². The fraction of sp³-hybridized carbons (Fsp3) is 0.733. The van der Waals surface area contributed by atoms with Crippen LogP contribution >= 0.6 is 50.7 Å². The molecule has 0 aliphatic carbocycles. The van der Waals surface area contributed by atoms with Gasteiger partial charge in [-0.15, -0.1) is 0 Å². The van der Waals surface area contributed by atoms with Crippen molar-refractivity contribution in [2.45, 2.75) is 54.0 Å². The van der Waals surface area contributed by atoms with Crippen LogP contribution in [0.2, 0.25) is 0 Å². The van der Waals surface area contributed by atoms with Crippen molar-refractivity contribution in [2.24, 2.45) is 0 Å². The predicted molar refractivity (Wildman–Crippen MR) is 102 cm³/mol. The van der Waals surface area contributed by atoms with Crippen molar-refractivity contribution in [3.05, 3.63) is 0 Å². The summed E-state index contributed by atoms with van der Waals surface area (Å²) >= 11 is 19.6. The third kappa shape index (κ3) is 9.56. The second-order valence-corrected chi connectivity index (χ2v) is 9.13. The quantitative estimate of drug-likeness (QED) is 0.280. The lowest BCUT2D eigenvalue weighted by Crippen LogP contribution is -2.61. The second-order valence-electron chi connectivity index (χ2n) is 5.71. The van der Waals surface area contributed by atoms with Gasteiger partial charge in [0.25, 0.3) is 0 Å². The lowest BCUT2D eigenvalue weighted by molar-refractivity contribution is -0.235. The highest BCUT2D eigenvalue weighted by atomic mass is 79.9. The van der Waals surface area contributed by atoms with E-state index in [4.69, 9.17) is 58.5 Å². The van der Waals surface area contributed by atoms with Crippen LogP contribution < -0.4 is 0 Å². The van der Waals surface area contributed by atoms with Crippen LogP contribution in [0.5, 0.6) is 0 Å². The molecule has 1 aliphatic heterocycles. The summed E-state index contributed by atoms with van der Waals surface area (Å²) in [5, 5.41) is -0.978. The summed E-state index contributed by atoms with van der Waals surface area (Å²) in [5.41, 5.74) is 0. The Morgan fingerprint density at radius 1 is 0.862 bits per heavy atom. The number of halogens is 4. The summed E-state index contributed by atoms with van der Waals surface area (Å²) in [6.45, 7) is 2.32. The number of carbonyl (C=O) groups excluding carboxylic acids is 4. The first-order chi connectivity index (χ1) is 13.3. The molecule has 166 valence electrons. The van der Waals surface area contributed by atoms with Crippen LogP contribution in [-0.4, -0.2) is 70.5 Å². The molecule has 5 atom stereocenters. The maximum Gasteiger partial charge on any atom is 0.508 e. The van der Waals surface area contributed by atoms with Crippen LogP contribution in [-0.2, 0) is 42.8 Å². The van der Waals surface area contributed by atoms with Gasteiger partial charge in [0.2, 0.25) is 3.79 Å². The lowest BCUT2D eigenvalue weighted by Gasteiger charge is -2.42. The first kappa shape index (κ1) is 26.0.